The van der Waals surface area contributed by atoms with Crippen molar-refractivity contribution in [3.63, 3.8) is 0 Å². The van der Waals surface area contributed by atoms with Crippen LogP contribution in [0.5, 0.6) is 0 Å². The van der Waals surface area contributed by atoms with Crippen molar-refractivity contribution < 1.29 is 4.79 Å². The summed E-state index contributed by atoms with van der Waals surface area (Å²) in [5, 5.41) is 6.17. The molecule has 0 radical (unpaired) electrons. The van der Waals surface area contributed by atoms with Crippen molar-refractivity contribution in [2.45, 2.75) is 39.3 Å². The van der Waals surface area contributed by atoms with Gasteiger partial charge in [-0.15, -0.1) is 0 Å². The molecule has 0 aliphatic heterocycles. The topological polar surface area (TPSA) is 56.9 Å². The van der Waals surface area contributed by atoms with Crippen molar-refractivity contribution in [1.29, 1.82) is 0 Å². The summed E-state index contributed by atoms with van der Waals surface area (Å²) in [5.41, 5.74) is 1.11. The average Bonchev–Trinajstić information content (AvgIpc) is 2.74. The second-order valence-electron chi connectivity index (χ2n) is 4.21. The van der Waals surface area contributed by atoms with E-state index in [9.17, 15) is 4.79 Å². The van der Waals surface area contributed by atoms with Crippen molar-refractivity contribution in [1.82, 2.24) is 15.6 Å². The molecule has 0 spiro atoms. The van der Waals surface area contributed by atoms with E-state index in [1.807, 2.05) is 18.5 Å². The van der Waals surface area contributed by atoms with Gasteiger partial charge in [-0.2, -0.15) is 0 Å². The quantitative estimate of drug-likeness (QED) is 0.612. The third-order valence-corrected chi connectivity index (χ3v) is 2.29. The lowest BCUT2D eigenvalue weighted by atomic mass is 10.2. The molecule has 0 fully saturated rings. The lowest BCUT2D eigenvalue weighted by Gasteiger charge is -2.07. The van der Waals surface area contributed by atoms with Crippen LogP contribution in [0.4, 0.5) is 0 Å². The Labute approximate surface area is 96.8 Å². The highest BCUT2D eigenvalue weighted by molar-refractivity contribution is 5.75. The Morgan fingerprint density at radius 2 is 2.31 bits per heavy atom. The average molecular weight is 223 g/mol. The van der Waals surface area contributed by atoms with Gasteiger partial charge in [0.25, 0.3) is 0 Å². The van der Waals surface area contributed by atoms with Gasteiger partial charge in [0.15, 0.2) is 0 Å². The van der Waals surface area contributed by atoms with Gasteiger partial charge in [0.2, 0.25) is 5.91 Å². The fraction of sp³-hybridized carbons (Fsp3) is 0.583. The molecule has 0 aliphatic carbocycles. The van der Waals surface area contributed by atoms with E-state index in [1.165, 1.54) is 0 Å². The first-order valence-electron chi connectivity index (χ1n) is 5.80. The molecular formula is C12H21N3O. The van der Waals surface area contributed by atoms with Crippen molar-refractivity contribution in [2.75, 3.05) is 6.54 Å². The molecule has 0 aliphatic rings. The normalized spacial score (nSPS) is 10.7. The molecule has 1 aromatic rings. The van der Waals surface area contributed by atoms with Gasteiger partial charge in [0.1, 0.15) is 0 Å². The zero-order chi connectivity index (χ0) is 11.8. The maximum atomic E-state index is 11.4. The van der Waals surface area contributed by atoms with Crippen LogP contribution in [0.2, 0.25) is 0 Å². The van der Waals surface area contributed by atoms with E-state index in [-0.39, 0.29) is 5.91 Å². The lowest BCUT2D eigenvalue weighted by Crippen LogP contribution is -2.26. The summed E-state index contributed by atoms with van der Waals surface area (Å²) >= 11 is 0. The van der Waals surface area contributed by atoms with Crippen molar-refractivity contribution in [3.8, 4) is 0 Å². The summed E-state index contributed by atoms with van der Waals surface area (Å²) in [6.07, 6.45) is 5.22. The second kappa shape index (κ2) is 7.06. The van der Waals surface area contributed by atoms with E-state index in [1.54, 1.807) is 0 Å². The van der Waals surface area contributed by atoms with Gasteiger partial charge in [0, 0.05) is 31.4 Å². The molecule has 0 saturated carbocycles. The van der Waals surface area contributed by atoms with Crippen LogP contribution >= 0.6 is 0 Å². The first-order chi connectivity index (χ1) is 7.68. The highest BCUT2D eigenvalue weighted by Gasteiger charge is 2.01. The number of nitrogens with one attached hydrogen (secondary N) is 3. The lowest BCUT2D eigenvalue weighted by molar-refractivity contribution is -0.121. The summed E-state index contributed by atoms with van der Waals surface area (Å²) in [5.74, 6) is 0.117. The molecule has 1 heterocycles. The van der Waals surface area contributed by atoms with Gasteiger partial charge in [-0.1, -0.05) is 13.8 Å². The fourth-order valence-electron chi connectivity index (χ4n) is 1.40. The molecule has 0 unspecified atom stereocenters. The maximum absolute atomic E-state index is 11.4. The van der Waals surface area contributed by atoms with E-state index in [0.29, 0.717) is 19.0 Å². The van der Waals surface area contributed by atoms with Gasteiger partial charge in [-0.3, -0.25) is 4.79 Å². The van der Waals surface area contributed by atoms with Crippen LogP contribution in [-0.2, 0) is 11.3 Å². The Hall–Kier alpha value is -1.29. The number of amides is 1. The van der Waals surface area contributed by atoms with Crippen LogP contribution in [0, 0.1) is 0 Å². The largest absolute Gasteiger partial charge is 0.367 e. The van der Waals surface area contributed by atoms with E-state index < -0.39 is 0 Å². The van der Waals surface area contributed by atoms with Crippen LogP contribution < -0.4 is 10.6 Å². The minimum absolute atomic E-state index is 0.117. The Morgan fingerprint density at radius 3 is 2.94 bits per heavy atom. The summed E-state index contributed by atoms with van der Waals surface area (Å²) in [6, 6.07) is 2.45. The molecule has 1 amide bonds. The Morgan fingerprint density at radius 1 is 1.50 bits per heavy atom. The van der Waals surface area contributed by atoms with Crippen molar-refractivity contribution in [3.05, 3.63) is 24.0 Å². The number of carbonyl (C=O) groups is 1. The number of aromatic nitrogens is 1. The van der Waals surface area contributed by atoms with Crippen LogP contribution in [0.25, 0.3) is 0 Å². The third-order valence-electron chi connectivity index (χ3n) is 2.29. The zero-order valence-electron chi connectivity index (χ0n) is 10.0. The van der Waals surface area contributed by atoms with E-state index >= 15 is 0 Å². The fourth-order valence-corrected chi connectivity index (χ4v) is 1.40. The minimum atomic E-state index is 0.117. The molecule has 0 atom stereocenters. The van der Waals surface area contributed by atoms with Crippen LogP contribution in [-0.4, -0.2) is 23.5 Å². The predicted molar refractivity (Wildman–Crippen MR) is 65.0 cm³/mol. The molecule has 90 valence electrons. The van der Waals surface area contributed by atoms with Gasteiger partial charge < -0.3 is 15.6 Å². The number of hydrogen-bond acceptors (Lipinski definition) is 2. The second-order valence-corrected chi connectivity index (χ2v) is 4.21. The standard InChI is InChI=1S/C12H21N3O/c1-10(2)14-6-3-4-12(16)15-9-11-5-7-13-8-11/h5,7-8,10,13-14H,3-4,6,9H2,1-2H3,(H,15,16). The van der Waals surface area contributed by atoms with Crippen LogP contribution in [0.3, 0.4) is 0 Å². The van der Waals surface area contributed by atoms with E-state index in [2.05, 4.69) is 29.5 Å². The smallest absolute Gasteiger partial charge is 0.220 e. The van der Waals surface area contributed by atoms with Gasteiger partial charge in [-0.05, 0) is 24.6 Å². The third kappa shape index (κ3) is 5.56. The van der Waals surface area contributed by atoms with Crippen LogP contribution in [0.15, 0.2) is 18.5 Å². The monoisotopic (exact) mass is 223 g/mol. The zero-order valence-corrected chi connectivity index (χ0v) is 10.0. The van der Waals surface area contributed by atoms with Crippen LogP contribution in [0.1, 0.15) is 32.3 Å². The van der Waals surface area contributed by atoms with E-state index in [0.717, 1.165) is 18.5 Å². The number of rotatable bonds is 7. The SMILES string of the molecule is CC(C)NCCCC(=O)NCc1cc[nH]c1. The maximum Gasteiger partial charge on any atom is 0.220 e. The predicted octanol–water partition coefficient (Wildman–Crippen LogP) is 1.41. The Bertz CT molecular complexity index is 293. The number of hydrogen-bond donors (Lipinski definition) is 3. The van der Waals surface area contributed by atoms with Gasteiger partial charge >= 0.3 is 0 Å². The molecule has 1 rings (SSSR count). The molecular weight excluding hydrogens is 202 g/mol. The Kier molecular flexibility index (Phi) is 5.64. The molecule has 0 bridgehead atoms. The summed E-state index contributed by atoms with van der Waals surface area (Å²) in [6.45, 7) is 5.72. The highest BCUT2D eigenvalue weighted by atomic mass is 16.1. The molecule has 0 aromatic carbocycles. The molecule has 16 heavy (non-hydrogen) atoms. The number of carbonyl (C=O) groups excluding carboxylic acids is 1. The molecule has 4 heteroatoms. The molecule has 1 aromatic heterocycles. The van der Waals surface area contributed by atoms with Gasteiger partial charge in [0.05, 0.1) is 0 Å². The number of H-pyrrole nitrogens is 1. The van der Waals surface area contributed by atoms with Crippen molar-refractivity contribution in [2.24, 2.45) is 0 Å². The Balaban J connectivity index is 2.03. The van der Waals surface area contributed by atoms with E-state index in [4.69, 9.17) is 0 Å². The molecule has 3 N–H and O–H groups in total. The highest BCUT2D eigenvalue weighted by Crippen LogP contribution is 1.96. The minimum Gasteiger partial charge on any atom is -0.367 e. The van der Waals surface area contributed by atoms with Gasteiger partial charge in [-0.25, -0.2) is 0 Å². The molecule has 4 nitrogen and oxygen atoms in total. The van der Waals surface area contributed by atoms with Crippen molar-refractivity contribution >= 4 is 5.91 Å². The molecule has 0 saturated heterocycles. The number of aromatic amines is 1. The summed E-state index contributed by atoms with van der Waals surface area (Å²) in [4.78, 5) is 14.4. The first kappa shape index (κ1) is 12.8. The summed E-state index contributed by atoms with van der Waals surface area (Å²) < 4.78 is 0. The first-order valence-corrected chi connectivity index (χ1v) is 5.80. The summed E-state index contributed by atoms with van der Waals surface area (Å²) in [7, 11) is 0.